The smallest absolute Gasteiger partial charge is 0.325 e. The lowest BCUT2D eigenvalue weighted by Gasteiger charge is -2.07. The first-order valence-electron chi connectivity index (χ1n) is 7.29. The van der Waals surface area contributed by atoms with Crippen LogP contribution in [0.3, 0.4) is 0 Å². The van der Waals surface area contributed by atoms with E-state index in [0.717, 1.165) is 18.4 Å². The topological polar surface area (TPSA) is 94.8 Å². The number of aromatic nitrogens is 2. The Morgan fingerprint density at radius 3 is 2.65 bits per heavy atom. The third-order valence-electron chi connectivity index (χ3n) is 3.50. The maximum Gasteiger partial charge on any atom is 0.325 e. The minimum atomic E-state index is -0.573. The molecule has 0 aliphatic carbocycles. The molecule has 1 heterocycles. The van der Waals surface area contributed by atoms with E-state index in [1.165, 1.54) is 0 Å². The molecule has 23 heavy (non-hydrogen) atoms. The fourth-order valence-corrected chi connectivity index (χ4v) is 2.50. The summed E-state index contributed by atoms with van der Waals surface area (Å²) in [5.41, 5.74) is 0.614. The van der Waals surface area contributed by atoms with E-state index in [9.17, 15) is 14.4 Å². The minimum absolute atomic E-state index is 0.0654. The molecule has 3 N–H and O–H groups in total. The molecule has 1 amide bonds. The Bertz CT molecular complexity index is 811. The third kappa shape index (κ3) is 4.82. The van der Waals surface area contributed by atoms with Crippen LogP contribution in [-0.2, 0) is 17.6 Å². The highest BCUT2D eigenvalue weighted by molar-refractivity contribution is 6.31. The van der Waals surface area contributed by atoms with Crippen LogP contribution in [0.25, 0.3) is 0 Å². The lowest BCUT2D eigenvalue weighted by atomic mass is 10.1. The Hall–Kier alpha value is -2.34. The summed E-state index contributed by atoms with van der Waals surface area (Å²) >= 11 is 6.07. The van der Waals surface area contributed by atoms with E-state index in [1.54, 1.807) is 6.92 Å². The molecule has 0 aliphatic heterocycles. The number of rotatable bonds is 6. The van der Waals surface area contributed by atoms with E-state index < -0.39 is 11.2 Å². The summed E-state index contributed by atoms with van der Waals surface area (Å²) in [6.45, 7) is 2.08. The zero-order valence-electron chi connectivity index (χ0n) is 12.7. The van der Waals surface area contributed by atoms with E-state index in [1.807, 2.05) is 24.3 Å². The molecule has 1 aromatic heterocycles. The lowest BCUT2D eigenvalue weighted by Crippen LogP contribution is -2.32. The molecular formula is C16H18ClN3O3. The van der Waals surface area contributed by atoms with Crippen LogP contribution in [0.1, 0.15) is 23.2 Å². The monoisotopic (exact) mass is 335 g/mol. The highest BCUT2D eigenvalue weighted by Crippen LogP contribution is 2.16. The SMILES string of the molecule is Cc1[nH]c(=O)[nH]c(=O)c1CC(=O)NCCCc1ccccc1Cl. The zero-order chi connectivity index (χ0) is 16.8. The second kappa shape index (κ2) is 7.78. The van der Waals surface area contributed by atoms with Crippen molar-refractivity contribution in [2.45, 2.75) is 26.2 Å². The number of benzene rings is 1. The standard InChI is InChI=1S/C16H18ClN3O3/c1-10-12(15(22)20-16(23)19-10)9-14(21)18-8-4-6-11-5-2-3-7-13(11)17/h2-3,5,7H,4,6,8-9H2,1H3,(H,18,21)(H2,19,20,22,23). The van der Waals surface area contributed by atoms with Gasteiger partial charge in [-0.3, -0.25) is 14.6 Å². The first-order chi connectivity index (χ1) is 11.0. The second-order valence-corrected chi connectivity index (χ2v) is 5.64. The number of carbonyl (C=O) groups is 1. The van der Waals surface area contributed by atoms with Crippen LogP contribution in [0.4, 0.5) is 0 Å². The number of carbonyl (C=O) groups excluding carboxylic acids is 1. The summed E-state index contributed by atoms with van der Waals surface area (Å²) in [5, 5.41) is 3.48. The van der Waals surface area contributed by atoms with Gasteiger partial charge in [0.1, 0.15) is 0 Å². The van der Waals surface area contributed by atoms with Gasteiger partial charge in [-0.15, -0.1) is 0 Å². The predicted molar refractivity (Wildman–Crippen MR) is 88.9 cm³/mol. The van der Waals surface area contributed by atoms with Crippen LogP contribution in [-0.4, -0.2) is 22.4 Å². The first kappa shape index (κ1) is 17.0. The summed E-state index contributed by atoms with van der Waals surface area (Å²) < 4.78 is 0. The van der Waals surface area contributed by atoms with Crippen LogP contribution in [0.15, 0.2) is 33.9 Å². The molecule has 0 radical (unpaired) electrons. The number of nitrogens with one attached hydrogen (secondary N) is 3. The van der Waals surface area contributed by atoms with Crippen LogP contribution in [0, 0.1) is 6.92 Å². The number of hydrogen-bond donors (Lipinski definition) is 3. The van der Waals surface area contributed by atoms with Gasteiger partial charge in [0.05, 0.1) is 6.42 Å². The number of H-pyrrole nitrogens is 2. The molecule has 0 saturated carbocycles. The van der Waals surface area contributed by atoms with Gasteiger partial charge in [0.2, 0.25) is 5.91 Å². The molecule has 0 aliphatic rings. The minimum Gasteiger partial charge on any atom is -0.356 e. The molecule has 0 atom stereocenters. The van der Waals surface area contributed by atoms with Gasteiger partial charge in [-0.1, -0.05) is 29.8 Å². The number of halogens is 1. The summed E-state index contributed by atoms with van der Waals surface area (Å²) in [4.78, 5) is 39.3. The molecule has 0 unspecified atom stereocenters. The van der Waals surface area contributed by atoms with Crippen LogP contribution in [0.2, 0.25) is 5.02 Å². The molecule has 0 spiro atoms. The number of aromatic amines is 2. The normalized spacial score (nSPS) is 10.5. The van der Waals surface area contributed by atoms with Crippen molar-refractivity contribution in [2.24, 2.45) is 0 Å². The summed E-state index contributed by atoms with van der Waals surface area (Å²) in [7, 11) is 0. The molecule has 0 fully saturated rings. The molecular weight excluding hydrogens is 318 g/mol. The van der Waals surface area contributed by atoms with Gasteiger partial charge in [-0.25, -0.2) is 4.79 Å². The van der Waals surface area contributed by atoms with Crippen molar-refractivity contribution in [3.63, 3.8) is 0 Å². The van der Waals surface area contributed by atoms with E-state index in [-0.39, 0.29) is 17.9 Å². The molecule has 6 nitrogen and oxygen atoms in total. The van der Waals surface area contributed by atoms with Crippen LogP contribution >= 0.6 is 11.6 Å². The Labute approximate surface area is 137 Å². The van der Waals surface area contributed by atoms with Crippen molar-refractivity contribution in [1.82, 2.24) is 15.3 Å². The molecule has 2 aromatic rings. The summed E-state index contributed by atoms with van der Waals surface area (Å²) in [6, 6.07) is 7.58. The summed E-state index contributed by atoms with van der Waals surface area (Å²) in [5.74, 6) is -0.259. The van der Waals surface area contributed by atoms with Gasteiger partial charge in [0.15, 0.2) is 0 Å². The third-order valence-corrected chi connectivity index (χ3v) is 3.86. The van der Waals surface area contributed by atoms with Crippen molar-refractivity contribution < 1.29 is 4.79 Å². The average Bonchev–Trinajstić information content (AvgIpc) is 2.49. The van der Waals surface area contributed by atoms with Gasteiger partial charge in [-0.2, -0.15) is 0 Å². The van der Waals surface area contributed by atoms with Gasteiger partial charge in [0.25, 0.3) is 5.56 Å². The number of aryl methyl sites for hydroxylation is 2. The number of hydrogen-bond acceptors (Lipinski definition) is 3. The molecule has 122 valence electrons. The van der Waals surface area contributed by atoms with Crippen LogP contribution in [0.5, 0.6) is 0 Å². The van der Waals surface area contributed by atoms with Crippen molar-refractivity contribution in [2.75, 3.05) is 6.54 Å². The number of amides is 1. The average molecular weight is 336 g/mol. The predicted octanol–water partition coefficient (Wildman–Crippen LogP) is 1.32. The molecule has 0 bridgehead atoms. The van der Waals surface area contributed by atoms with Gasteiger partial charge in [0, 0.05) is 22.8 Å². The van der Waals surface area contributed by atoms with E-state index in [4.69, 9.17) is 11.6 Å². The van der Waals surface area contributed by atoms with E-state index in [2.05, 4.69) is 15.3 Å². The summed E-state index contributed by atoms with van der Waals surface area (Å²) in [6.07, 6.45) is 1.44. The Morgan fingerprint density at radius 1 is 1.22 bits per heavy atom. The first-order valence-corrected chi connectivity index (χ1v) is 7.67. The quantitative estimate of drug-likeness (QED) is 0.695. The Morgan fingerprint density at radius 2 is 1.96 bits per heavy atom. The van der Waals surface area contributed by atoms with Crippen molar-refractivity contribution >= 4 is 17.5 Å². The van der Waals surface area contributed by atoms with Gasteiger partial charge >= 0.3 is 5.69 Å². The highest BCUT2D eigenvalue weighted by atomic mass is 35.5. The molecule has 7 heteroatoms. The molecule has 0 saturated heterocycles. The van der Waals surface area contributed by atoms with E-state index in [0.29, 0.717) is 17.3 Å². The Balaban J connectivity index is 1.83. The largest absolute Gasteiger partial charge is 0.356 e. The maximum absolute atomic E-state index is 11.9. The fraction of sp³-hybridized carbons (Fsp3) is 0.312. The van der Waals surface area contributed by atoms with Gasteiger partial charge in [-0.05, 0) is 31.4 Å². The van der Waals surface area contributed by atoms with E-state index >= 15 is 0 Å². The maximum atomic E-state index is 11.9. The highest BCUT2D eigenvalue weighted by Gasteiger charge is 2.10. The molecule has 1 aromatic carbocycles. The lowest BCUT2D eigenvalue weighted by molar-refractivity contribution is -0.120. The van der Waals surface area contributed by atoms with Gasteiger partial charge < -0.3 is 10.3 Å². The zero-order valence-corrected chi connectivity index (χ0v) is 13.5. The molecule has 2 rings (SSSR count). The van der Waals surface area contributed by atoms with Crippen molar-refractivity contribution in [3.8, 4) is 0 Å². The van der Waals surface area contributed by atoms with Crippen molar-refractivity contribution in [3.05, 3.63) is 66.9 Å². The fourth-order valence-electron chi connectivity index (χ4n) is 2.27. The Kier molecular flexibility index (Phi) is 5.76. The second-order valence-electron chi connectivity index (χ2n) is 5.23. The van der Waals surface area contributed by atoms with Crippen molar-refractivity contribution in [1.29, 1.82) is 0 Å². The van der Waals surface area contributed by atoms with Crippen LogP contribution < -0.4 is 16.6 Å².